The van der Waals surface area contributed by atoms with Crippen LogP contribution in [0.25, 0.3) is 11.4 Å². The van der Waals surface area contributed by atoms with Crippen LogP contribution in [0.3, 0.4) is 0 Å². The van der Waals surface area contributed by atoms with E-state index in [-0.39, 0.29) is 17.6 Å². The molecule has 0 saturated carbocycles. The van der Waals surface area contributed by atoms with Crippen LogP contribution >= 0.6 is 11.8 Å². The van der Waals surface area contributed by atoms with Crippen LogP contribution in [0.15, 0.2) is 42.3 Å². The number of hydrogen-bond acceptors (Lipinski definition) is 6. The summed E-state index contributed by atoms with van der Waals surface area (Å²) in [6, 6.07) is 5.90. The molecule has 2 aromatic heterocycles. The Labute approximate surface area is 157 Å². The number of rotatable bonds is 8. The van der Waals surface area contributed by atoms with E-state index >= 15 is 0 Å². The Bertz CT molecular complexity index is 811. The van der Waals surface area contributed by atoms with E-state index in [9.17, 15) is 10.1 Å². The van der Waals surface area contributed by atoms with Gasteiger partial charge in [0.05, 0.1) is 11.8 Å². The van der Waals surface area contributed by atoms with Crippen molar-refractivity contribution in [1.29, 1.82) is 5.26 Å². The summed E-state index contributed by atoms with van der Waals surface area (Å²) in [4.78, 5) is 16.4. The van der Waals surface area contributed by atoms with Gasteiger partial charge in [0.2, 0.25) is 5.91 Å². The maximum absolute atomic E-state index is 12.3. The third kappa shape index (κ3) is 4.49. The predicted molar refractivity (Wildman–Crippen MR) is 101 cm³/mol. The van der Waals surface area contributed by atoms with E-state index < -0.39 is 5.54 Å². The van der Waals surface area contributed by atoms with Crippen LogP contribution < -0.4 is 5.32 Å². The van der Waals surface area contributed by atoms with Crippen LogP contribution in [0.4, 0.5) is 0 Å². The summed E-state index contributed by atoms with van der Waals surface area (Å²) in [5.74, 6) is 0.601. The second-order valence-electron chi connectivity index (χ2n) is 6.25. The van der Waals surface area contributed by atoms with Gasteiger partial charge in [-0.05, 0) is 25.0 Å². The molecule has 0 spiro atoms. The molecule has 0 aliphatic carbocycles. The van der Waals surface area contributed by atoms with E-state index in [0.29, 0.717) is 17.5 Å². The number of carbonyl (C=O) groups is 1. The average molecular weight is 370 g/mol. The van der Waals surface area contributed by atoms with Crippen molar-refractivity contribution in [3.8, 4) is 17.5 Å². The lowest BCUT2D eigenvalue weighted by Crippen LogP contribution is -2.49. The van der Waals surface area contributed by atoms with Gasteiger partial charge in [-0.2, -0.15) is 5.26 Å². The summed E-state index contributed by atoms with van der Waals surface area (Å²) in [5.41, 5.74) is -0.0529. The summed E-state index contributed by atoms with van der Waals surface area (Å²) in [6.45, 7) is 9.81. The highest BCUT2D eigenvalue weighted by atomic mass is 32.2. The Balaban J connectivity index is 2.13. The number of thioether (sulfide) groups is 1. The first-order valence-electron chi connectivity index (χ1n) is 8.21. The lowest BCUT2D eigenvalue weighted by Gasteiger charge is -2.27. The molecule has 1 amide bonds. The van der Waals surface area contributed by atoms with Crippen LogP contribution in [0.5, 0.6) is 0 Å². The summed E-state index contributed by atoms with van der Waals surface area (Å²) >= 11 is 1.27. The van der Waals surface area contributed by atoms with Gasteiger partial charge in [-0.1, -0.05) is 31.7 Å². The number of allylic oxidation sites excluding steroid dienone is 1. The second kappa shape index (κ2) is 8.63. The highest BCUT2D eigenvalue weighted by molar-refractivity contribution is 7.99. The topological polar surface area (TPSA) is 96.5 Å². The van der Waals surface area contributed by atoms with Gasteiger partial charge in [0.1, 0.15) is 5.54 Å². The molecule has 1 atom stereocenters. The maximum Gasteiger partial charge on any atom is 0.231 e. The van der Waals surface area contributed by atoms with E-state index in [1.54, 1.807) is 25.4 Å². The van der Waals surface area contributed by atoms with Crippen LogP contribution in [0.2, 0.25) is 0 Å². The van der Waals surface area contributed by atoms with Gasteiger partial charge in [-0.15, -0.1) is 16.8 Å². The van der Waals surface area contributed by atoms with Crippen LogP contribution in [0.1, 0.15) is 20.8 Å². The monoisotopic (exact) mass is 370 g/mol. The minimum Gasteiger partial charge on any atom is -0.337 e. The number of nitrogens with one attached hydrogen (secondary N) is 1. The summed E-state index contributed by atoms with van der Waals surface area (Å²) in [7, 11) is 0. The Morgan fingerprint density at radius 2 is 2.31 bits per heavy atom. The Hall–Kier alpha value is -2.66. The second-order valence-corrected chi connectivity index (χ2v) is 7.20. The summed E-state index contributed by atoms with van der Waals surface area (Å²) in [6.07, 6.45) is 5.16. The maximum atomic E-state index is 12.3. The molecule has 26 heavy (non-hydrogen) atoms. The molecule has 2 rings (SSSR count). The van der Waals surface area contributed by atoms with Gasteiger partial charge >= 0.3 is 0 Å². The van der Waals surface area contributed by atoms with Gasteiger partial charge in [0, 0.05) is 24.5 Å². The molecule has 2 heterocycles. The molecular weight excluding hydrogens is 348 g/mol. The van der Waals surface area contributed by atoms with Gasteiger partial charge in [0.15, 0.2) is 11.0 Å². The molecule has 2 aromatic rings. The highest BCUT2D eigenvalue weighted by Gasteiger charge is 2.30. The van der Waals surface area contributed by atoms with E-state index in [2.05, 4.69) is 33.1 Å². The van der Waals surface area contributed by atoms with E-state index in [1.807, 2.05) is 30.5 Å². The van der Waals surface area contributed by atoms with E-state index in [1.165, 1.54) is 11.8 Å². The molecule has 0 saturated heterocycles. The van der Waals surface area contributed by atoms with Crippen LogP contribution in [0, 0.1) is 17.2 Å². The van der Waals surface area contributed by atoms with Crippen molar-refractivity contribution in [2.24, 2.45) is 5.92 Å². The van der Waals surface area contributed by atoms with Crippen molar-refractivity contribution >= 4 is 17.7 Å². The fourth-order valence-electron chi connectivity index (χ4n) is 2.15. The molecule has 1 N–H and O–H groups in total. The van der Waals surface area contributed by atoms with Crippen molar-refractivity contribution in [2.75, 3.05) is 5.75 Å². The zero-order valence-corrected chi connectivity index (χ0v) is 16.0. The van der Waals surface area contributed by atoms with Gasteiger partial charge in [-0.25, -0.2) is 0 Å². The average Bonchev–Trinajstić information content (AvgIpc) is 3.03. The molecule has 0 aromatic carbocycles. The van der Waals surface area contributed by atoms with Crippen molar-refractivity contribution in [3.05, 3.63) is 37.2 Å². The first-order valence-corrected chi connectivity index (χ1v) is 9.19. The number of nitriles is 1. The third-order valence-electron chi connectivity index (χ3n) is 4.07. The SMILES string of the molecule is C=CCn1c(SCC(=O)N[C@@](C)(C#N)C(C)C)nnc1-c1cccnc1. The minimum atomic E-state index is -0.896. The Morgan fingerprint density at radius 1 is 1.54 bits per heavy atom. The van der Waals surface area contributed by atoms with Crippen LogP contribution in [-0.4, -0.2) is 36.9 Å². The van der Waals surface area contributed by atoms with Gasteiger partial charge in [0.25, 0.3) is 0 Å². The predicted octanol–water partition coefficient (Wildman–Crippen LogP) is 2.67. The summed E-state index contributed by atoms with van der Waals surface area (Å²) in [5, 5.41) is 21.1. The number of pyridine rings is 1. The molecule has 0 fully saturated rings. The van der Waals surface area contributed by atoms with E-state index in [0.717, 1.165) is 5.56 Å². The largest absolute Gasteiger partial charge is 0.337 e. The molecule has 0 aliphatic rings. The first kappa shape index (κ1) is 19.7. The zero-order chi connectivity index (χ0) is 19.2. The highest BCUT2D eigenvalue weighted by Crippen LogP contribution is 2.24. The van der Waals surface area contributed by atoms with Gasteiger partial charge < -0.3 is 5.32 Å². The first-order chi connectivity index (χ1) is 12.4. The number of amides is 1. The molecule has 8 heteroatoms. The fraction of sp³-hybridized carbons (Fsp3) is 0.389. The smallest absolute Gasteiger partial charge is 0.231 e. The van der Waals surface area contributed by atoms with Gasteiger partial charge in [-0.3, -0.25) is 14.3 Å². The van der Waals surface area contributed by atoms with E-state index in [4.69, 9.17) is 0 Å². The number of carbonyl (C=O) groups excluding carboxylic acids is 1. The Kier molecular flexibility index (Phi) is 6.52. The molecule has 7 nitrogen and oxygen atoms in total. The standard InChI is InChI=1S/C18H22N6OS/c1-5-9-24-16(14-7-6-8-20-10-14)22-23-17(24)26-11-15(25)21-18(4,12-19)13(2)3/h5-8,10,13H,1,9,11H2,2-4H3,(H,21,25)/t18-/m0/s1. The zero-order valence-electron chi connectivity index (χ0n) is 15.1. The summed E-state index contributed by atoms with van der Waals surface area (Å²) < 4.78 is 1.88. The fourth-order valence-corrected chi connectivity index (χ4v) is 2.90. The number of nitrogens with zero attached hydrogens (tertiary/aromatic N) is 5. The Morgan fingerprint density at radius 3 is 2.88 bits per heavy atom. The molecule has 0 radical (unpaired) electrons. The van der Waals surface area contributed by atoms with Crippen molar-refractivity contribution in [2.45, 2.75) is 38.0 Å². The van der Waals surface area contributed by atoms with Crippen molar-refractivity contribution in [3.63, 3.8) is 0 Å². The third-order valence-corrected chi connectivity index (χ3v) is 5.03. The lowest BCUT2D eigenvalue weighted by molar-refractivity contribution is -0.120. The van der Waals surface area contributed by atoms with Crippen molar-refractivity contribution < 1.29 is 4.79 Å². The van der Waals surface area contributed by atoms with Crippen LogP contribution in [-0.2, 0) is 11.3 Å². The molecule has 0 bridgehead atoms. The lowest BCUT2D eigenvalue weighted by atomic mass is 9.90. The number of hydrogen-bond donors (Lipinski definition) is 1. The molecule has 0 aliphatic heterocycles. The molecule has 0 unspecified atom stereocenters. The molecular formula is C18H22N6OS. The number of aromatic nitrogens is 4. The normalized spacial score (nSPS) is 13.0. The minimum absolute atomic E-state index is 0.00283. The van der Waals surface area contributed by atoms with Crippen molar-refractivity contribution in [1.82, 2.24) is 25.1 Å². The molecule has 136 valence electrons. The quantitative estimate of drug-likeness (QED) is 0.567.